The molecule has 0 radical (unpaired) electrons. The van der Waals surface area contributed by atoms with Gasteiger partial charge >= 0.3 is 0 Å². The summed E-state index contributed by atoms with van der Waals surface area (Å²) in [6, 6.07) is 6.44. The molecule has 1 heterocycles. The smallest absolute Gasteiger partial charge is 0.248 e. The number of halogens is 1. The van der Waals surface area contributed by atoms with Gasteiger partial charge in [0, 0.05) is 26.2 Å². The van der Waals surface area contributed by atoms with Crippen molar-refractivity contribution in [2.75, 3.05) is 32.7 Å². The van der Waals surface area contributed by atoms with Crippen molar-refractivity contribution in [3.63, 3.8) is 0 Å². The molecule has 23 heavy (non-hydrogen) atoms. The molecule has 0 aromatic heterocycles. The predicted molar refractivity (Wildman–Crippen MR) is 83.6 cm³/mol. The number of nitrogens with two attached hydrogens (primary N) is 1. The molecule has 0 bridgehead atoms. The molecule has 7 nitrogen and oxygen atoms in total. The highest BCUT2D eigenvalue weighted by molar-refractivity contribution is 7.89. The maximum Gasteiger partial charge on any atom is 0.248 e. The van der Waals surface area contributed by atoms with Crippen molar-refractivity contribution in [3.8, 4) is 0 Å². The van der Waals surface area contributed by atoms with Crippen molar-refractivity contribution in [2.45, 2.75) is 18.0 Å². The fraction of sp³-hybridized carbons (Fsp3) is 0.500. The first-order valence-electron chi connectivity index (χ1n) is 7.25. The second-order valence-electron chi connectivity index (χ2n) is 5.58. The lowest BCUT2D eigenvalue weighted by atomic mass is 10.2. The number of amides is 1. The van der Waals surface area contributed by atoms with Crippen LogP contribution in [0.3, 0.4) is 0 Å². The second-order valence-corrected chi connectivity index (χ2v) is 7.51. The van der Waals surface area contributed by atoms with E-state index in [1.54, 1.807) is 17.0 Å². The normalized spacial score (nSPS) is 20.9. The molecule has 1 unspecified atom stereocenters. The van der Waals surface area contributed by atoms with E-state index < -0.39 is 22.1 Å². The summed E-state index contributed by atoms with van der Waals surface area (Å²) in [5.41, 5.74) is 2.93. The number of sulfonamides is 1. The molecule has 1 aromatic rings. The van der Waals surface area contributed by atoms with E-state index in [9.17, 15) is 17.6 Å². The zero-order valence-electron chi connectivity index (χ0n) is 12.9. The lowest BCUT2D eigenvalue weighted by Gasteiger charge is -2.21. The molecule has 2 rings (SSSR count). The molecule has 1 aliphatic heterocycles. The molecule has 1 atom stereocenters. The average Bonchev–Trinajstić information content (AvgIpc) is 2.69. The number of alkyl halides is 1. The van der Waals surface area contributed by atoms with Crippen LogP contribution in [0, 0.1) is 6.92 Å². The zero-order valence-corrected chi connectivity index (χ0v) is 13.7. The van der Waals surface area contributed by atoms with Crippen LogP contribution in [0.25, 0.3) is 0 Å². The third-order valence-corrected chi connectivity index (χ3v) is 5.59. The Morgan fingerprint density at radius 3 is 2.57 bits per heavy atom. The fourth-order valence-electron chi connectivity index (χ4n) is 2.46. The van der Waals surface area contributed by atoms with Gasteiger partial charge in [0.2, 0.25) is 15.9 Å². The number of carbonyl (C=O) groups is 1. The monoisotopic (exact) mass is 344 g/mol. The highest BCUT2D eigenvalue weighted by Crippen LogP contribution is 2.19. The molecule has 1 saturated heterocycles. The van der Waals surface area contributed by atoms with Crippen molar-refractivity contribution >= 4 is 15.9 Å². The van der Waals surface area contributed by atoms with Gasteiger partial charge in [-0.05, 0) is 19.1 Å². The summed E-state index contributed by atoms with van der Waals surface area (Å²) in [6.07, 6.45) is -1.37. The van der Waals surface area contributed by atoms with E-state index >= 15 is 0 Å². The number of rotatable bonds is 4. The average molecular weight is 344 g/mol. The molecule has 128 valence electrons. The predicted octanol–water partition coefficient (Wildman–Crippen LogP) is -0.371. The van der Waals surface area contributed by atoms with Gasteiger partial charge in [-0.25, -0.2) is 18.7 Å². The lowest BCUT2D eigenvalue weighted by Crippen LogP contribution is -2.42. The molecule has 0 spiro atoms. The zero-order chi connectivity index (χ0) is 17.0. The van der Waals surface area contributed by atoms with Crippen LogP contribution >= 0.6 is 0 Å². The number of nitrogens with one attached hydrogen (secondary N) is 1. The Morgan fingerprint density at radius 1 is 1.30 bits per heavy atom. The van der Waals surface area contributed by atoms with Gasteiger partial charge in [-0.15, -0.1) is 0 Å². The van der Waals surface area contributed by atoms with Crippen molar-refractivity contribution in [1.29, 1.82) is 0 Å². The first-order chi connectivity index (χ1) is 10.8. The number of carbonyl (C=O) groups excluding carboxylic acids is 1. The van der Waals surface area contributed by atoms with Crippen LogP contribution in [0.15, 0.2) is 29.2 Å². The van der Waals surface area contributed by atoms with Gasteiger partial charge in [0.25, 0.3) is 0 Å². The Labute approximate surface area is 135 Å². The number of hydrazine groups is 1. The molecule has 9 heteroatoms. The Balaban J connectivity index is 2.14. The summed E-state index contributed by atoms with van der Waals surface area (Å²) in [7, 11) is -3.75. The van der Waals surface area contributed by atoms with Gasteiger partial charge in [0.05, 0.1) is 11.4 Å². The molecule has 1 amide bonds. The van der Waals surface area contributed by atoms with Crippen LogP contribution in [-0.4, -0.2) is 62.4 Å². The number of hydrogen-bond acceptors (Lipinski definition) is 5. The first kappa shape index (κ1) is 17.8. The summed E-state index contributed by atoms with van der Waals surface area (Å²) in [6.45, 7) is 1.95. The molecule has 1 aliphatic rings. The van der Waals surface area contributed by atoms with E-state index in [1.165, 1.54) is 12.1 Å². The van der Waals surface area contributed by atoms with Crippen LogP contribution in [0.1, 0.15) is 5.56 Å². The summed E-state index contributed by atoms with van der Waals surface area (Å²) < 4.78 is 40.5. The van der Waals surface area contributed by atoms with Gasteiger partial charge in [0.1, 0.15) is 6.17 Å². The quantitative estimate of drug-likeness (QED) is 0.441. The fourth-order valence-corrected chi connectivity index (χ4v) is 3.92. The van der Waals surface area contributed by atoms with Gasteiger partial charge in [-0.1, -0.05) is 17.7 Å². The third-order valence-electron chi connectivity index (χ3n) is 3.71. The topological polar surface area (TPSA) is 95.7 Å². The number of aryl methyl sites for hydroxylation is 1. The molecule has 1 aromatic carbocycles. The minimum absolute atomic E-state index is 0.00661. The number of nitrogens with zero attached hydrogens (tertiary/aromatic N) is 2. The van der Waals surface area contributed by atoms with Crippen LogP contribution in [0.2, 0.25) is 0 Å². The Morgan fingerprint density at radius 2 is 1.96 bits per heavy atom. The van der Waals surface area contributed by atoms with E-state index in [2.05, 4.69) is 0 Å². The SMILES string of the molecule is Cc1ccc(S(=O)(=O)N2CCN(CC(=O)NN)CC(F)C2)cc1. The van der Waals surface area contributed by atoms with Crippen LogP contribution in [0.5, 0.6) is 0 Å². The number of benzene rings is 1. The number of hydrogen-bond donors (Lipinski definition) is 2. The van der Waals surface area contributed by atoms with Crippen molar-refractivity contribution in [2.24, 2.45) is 5.84 Å². The highest BCUT2D eigenvalue weighted by Gasteiger charge is 2.31. The van der Waals surface area contributed by atoms with Gasteiger partial charge in [-0.3, -0.25) is 15.1 Å². The van der Waals surface area contributed by atoms with E-state index in [-0.39, 0.29) is 37.6 Å². The summed E-state index contributed by atoms with van der Waals surface area (Å²) in [5.74, 6) is 4.58. The molecule has 3 N–H and O–H groups in total. The van der Waals surface area contributed by atoms with Gasteiger partial charge in [-0.2, -0.15) is 4.31 Å². The highest BCUT2D eigenvalue weighted by atomic mass is 32.2. The summed E-state index contributed by atoms with van der Waals surface area (Å²) in [5, 5.41) is 0. The van der Waals surface area contributed by atoms with Crippen molar-refractivity contribution in [1.82, 2.24) is 14.6 Å². The van der Waals surface area contributed by atoms with Crippen LogP contribution in [-0.2, 0) is 14.8 Å². The van der Waals surface area contributed by atoms with E-state index in [0.717, 1.165) is 9.87 Å². The molecular weight excluding hydrogens is 323 g/mol. The first-order valence-corrected chi connectivity index (χ1v) is 8.69. The summed E-state index contributed by atoms with van der Waals surface area (Å²) >= 11 is 0. The summed E-state index contributed by atoms with van der Waals surface area (Å²) in [4.78, 5) is 13.0. The van der Waals surface area contributed by atoms with Gasteiger partial charge in [0.15, 0.2) is 0 Å². The molecule has 1 fully saturated rings. The second kappa shape index (κ2) is 7.35. The molecular formula is C14H21FN4O3S. The Bertz CT molecular complexity index is 650. The maximum absolute atomic E-state index is 14.1. The van der Waals surface area contributed by atoms with E-state index in [1.807, 2.05) is 12.3 Å². The third kappa shape index (κ3) is 4.47. The molecule has 0 aliphatic carbocycles. The Kier molecular flexibility index (Phi) is 5.69. The lowest BCUT2D eigenvalue weighted by molar-refractivity contribution is -0.122. The maximum atomic E-state index is 14.1. The Hall–Kier alpha value is -1.55. The van der Waals surface area contributed by atoms with E-state index in [4.69, 9.17) is 5.84 Å². The van der Waals surface area contributed by atoms with Crippen LogP contribution < -0.4 is 11.3 Å². The molecule has 0 saturated carbocycles. The largest absolute Gasteiger partial charge is 0.293 e. The van der Waals surface area contributed by atoms with E-state index in [0.29, 0.717) is 0 Å². The minimum Gasteiger partial charge on any atom is -0.293 e. The van der Waals surface area contributed by atoms with Crippen molar-refractivity contribution in [3.05, 3.63) is 29.8 Å². The standard InChI is InChI=1S/C14H21FN4O3S/c1-11-2-4-13(5-3-11)23(21,22)19-7-6-18(8-12(15)9-19)10-14(20)17-16/h2-5,12H,6-10,16H2,1H3,(H,17,20). The van der Waals surface area contributed by atoms with Crippen LogP contribution in [0.4, 0.5) is 4.39 Å². The van der Waals surface area contributed by atoms with Gasteiger partial charge < -0.3 is 0 Å². The minimum atomic E-state index is -3.75. The van der Waals surface area contributed by atoms with Crippen molar-refractivity contribution < 1.29 is 17.6 Å².